The van der Waals surface area contributed by atoms with Gasteiger partial charge >= 0.3 is 0 Å². The number of hydrogen-bond donors (Lipinski definition) is 1. The Labute approximate surface area is 165 Å². The molecule has 0 aliphatic carbocycles. The summed E-state index contributed by atoms with van der Waals surface area (Å²) in [5.41, 5.74) is 3.49. The Morgan fingerprint density at radius 3 is 2.61 bits per heavy atom. The number of rotatable bonds is 5. The molecule has 1 aromatic heterocycles. The number of hydrogen-bond acceptors (Lipinski definition) is 5. The molecular weight excluding hydrogens is 374 g/mol. The average molecular weight is 400 g/mol. The molecule has 1 aliphatic heterocycles. The van der Waals surface area contributed by atoms with Crippen LogP contribution in [0.3, 0.4) is 0 Å². The minimum Gasteiger partial charge on any atom is -0.423 e. The van der Waals surface area contributed by atoms with E-state index >= 15 is 0 Å². The summed E-state index contributed by atoms with van der Waals surface area (Å²) in [5, 5.41) is 0. The number of nitrogens with one attached hydrogen (secondary N) is 1. The Balaban J connectivity index is 1.35. The molecule has 2 heterocycles. The van der Waals surface area contributed by atoms with E-state index in [4.69, 9.17) is 4.42 Å². The van der Waals surface area contributed by atoms with Gasteiger partial charge in [-0.05, 0) is 56.4 Å². The smallest absolute Gasteiger partial charge is 0.298 e. The first kappa shape index (κ1) is 19.0. The highest BCUT2D eigenvalue weighted by molar-refractivity contribution is 7.89. The van der Waals surface area contributed by atoms with Crippen LogP contribution < -0.4 is 9.62 Å². The van der Waals surface area contributed by atoms with Crippen LogP contribution >= 0.6 is 0 Å². The molecule has 0 spiro atoms. The Morgan fingerprint density at radius 2 is 1.89 bits per heavy atom. The molecule has 0 atom stereocenters. The van der Waals surface area contributed by atoms with Crippen LogP contribution in [0.4, 0.5) is 6.01 Å². The molecule has 4 rings (SSSR count). The van der Waals surface area contributed by atoms with Gasteiger partial charge in [0.15, 0.2) is 5.58 Å². The van der Waals surface area contributed by atoms with Gasteiger partial charge in [-0.25, -0.2) is 13.1 Å². The minimum absolute atomic E-state index is 0.307. The number of piperidine rings is 1. The molecule has 3 aromatic rings. The second kappa shape index (κ2) is 7.56. The molecule has 1 aliphatic rings. The number of oxazole rings is 1. The van der Waals surface area contributed by atoms with Gasteiger partial charge in [-0.3, -0.25) is 0 Å². The lowest BCUT2D eigenvalue weighted by Crippen LogP contribution is -2.38. The molecule has 1 saturated heterocycles. The van der Waals surface area contributed by atoms with Gasteiger partial charge in [0.25, 0.3) is 6.01 Å². The molecular formula is C21H25N3O3S. The summed E-state index contributed by atoms with van der Waals surface area (Å²) in [4.78, 5) is 7.05. The fraction of sp³-hybridized carbons (Fsp3) is 0.381. The van der Waals surface area contributed by atoms with Gasteiger partial charge in [0.05, 0.1) is 4.90 Å². The molecule has 0 unspecified atom stereocenters. The van der Waals surface area contributed by atoms with E-state index in [0.717, 1.165) is 48.2 Å². The van der Waals surface area contributed by atoms with E-state index in [9.17, 15) is 8.42 Å². The summed E-state index contributed by atoms with van der Waals surface area (Å²) in [5.74, 6) is 0.307. The quantitative estimate of drug-likeness (QED) is 0.709. The zero-order valence-corrected chi connectivity index (χ0v) is 17.0. The fourth-order valence-electron chi connectivity index (χ4n) is 3.73. The van der Waals surface area contributed by atoms with Crippen LogP contribution in [0.2, 0.25) is 0 Å². The third-order valence-electron chi connectivity index (χ3n) is 5.35. The van der Waals surface area contributed by atoms with Gasteiger partial charge in [0.2, 0.25) is 10.0 Å². The predicted molar refractivity (Wildman–Crippen MR) is 110 cm³/mol. The van der Waals surface area contributed by atoms with Crippen molar-refractivity contribution in [2.24, 2.45) is 5.92 Å². The molecule has 2 aromatic carbocycles. The molecule has 28 heavy (non-hydrogen) atoms. The van der Waals surface area contributed by atoms with Crippen LogP contribution in [0.1, 0.15) is 24.0 Å². The molecule has 0 saturated carbocycles. The molecule has 0 bridgehead atoms. The average Bonchev–Trinajstić information content (AvgIpc) is 3.11. The van der Waals surface area contributed by atoms with Gasteiger partial charge in [0.1, 0.15) is 5.52 Å². The highest BCUT2D eigenvalue weighted by Gasteiger charge is 2.25. The number of benzene rings is 2. The van der Waals surface area contributed by atoms with Crippen LogP contribution in [0.15, 0.2) is 51.8 Å². The summed E-state index contributed by atoms with van der Waals surface area (Å²) in [6.07, 6.45) is 1.79. The first-order valence-corrected chi connectivity index (χ1v) is 11.1. The number of nitrogens with zero attached hydrogens (tertiary/aromatic N) is 2. The fourth-order valence-corrected chi connectivity index (χ4v) is 5.07. The van der Waals surface area contributed by atoms with Crippen molar-refractivity contribution in [1.29, 1.82) is 0 Å². The monoisotopic (exact) mass is 399 g/mol. The third kappa shape index (κ3) is 3.91. The molecule has 0 radical (unpaired) electrons. The predicted octanol–water partition coefficient (Wildman–Crippen LogP) is 3.64. The zero-order valence-electron chi connectivity index (χ0n) is 16.2. The van der Waals surface area contributed by atoms with Gasteiger partial charge in [-0.1, -0.05) is 29.8 Å². The van der Waals surface area contributed by atoms with Crippen molar-refractivity contribution in [3.05, 3.63) is 53.6 Å². The van der Waals surface area contributed by atoms with Crippen molar-refractivity contribution in [2.45, 2.75) is 31.6 Å². The summed E-state index contributed by atoms with van der Waals surface area (Å²) in [6, 6.07) is 13.8. The van der Waals surface area contributed by atoms with E-state index in [0.29, 0.717) is 23.4 Å². The van der Waals surface area contributed by atoms with E-state index < -0.39 is 10.0 Å². The van der Waals surface area contributed by atoms with Gasteiger partial charge in [-0.2, -0.15) is 4.98 Å². The molecule has 6 nitrogen and oxygen atoms in total. The number of aryl methyl sites for hydroxylation is 2. The normalized spacial score (nSPS) is 16.0. The standard InChI is InChI=1S/C21H25N3O3S/c1-15-7-8-20(16(2)13-15)28(25,26)22-14-17-9-11-24(12-10-17)21-23-18-5-3-4-6-19(18)27-21/h3-8,13,17,22H,9-12,14H2,1-2H3. The number of sulfonamides is 1. The first-order chi connectivity index (χ1) is 13.4. The van der Waals surface area contributed by atoms with Crippen molar-refractivity contribution in [3.8, 4) is 0 Å². The van der Waals surface area contributed by atoms with E-state index in [1.165, 1.54) is 0 Å². The zero-order chi connectivity index (χ0) is 19.7. The Hall–Kier alpha value is -2.38. The second-order valence-corrected chi connectivity index (χ2v) is 9.25. The highest BCUT2D eigenvalue weighted by atomic mass is 32.2. The summed E-state index contributed by atoms with van der Waals surface area (Å²) in [7, 11) is -3.48. The van der Waals surface area contributed by atoms with Gasteiger partial charge in [-0.15, -0.1) is 0 Å². The van der Waals surface area contributed by atoms with Gasteiger partial charge < -0.3 is 9.32 Å². The van der Waals surface area contributed by atoms with Crippen LogP contribution in [-0.4, -0.2) is 33.0 Å². The van der Waals surface area contributed by atoms with E-state index in [2.05, 4.69) is 14.6 Å². The summed E-state index contributed by atoms with van der Waals surface area (Å²) >= 11 is 0. The Kier molecular flexibility index (Phi) is 5.12. The van der Waals surface area contributed by atoms with Crippen molar-refractivity contribution >= 4 is 27.1 Å². The molecule has 7 heteroatoms. The van der Waals surface area contributed by atoms with E-state index in [1.807, 2.05) is 50.2 Å². The lowest BCUT2D eigenvalue weighted by Gasteiger charge is -2.30. The van der Waals surface area contributed by atoms with Crippen molar-refractivity contribution < 1.29 is 12.8 Å². The van der Waals surface area contributed by atoms with Gasteiger partial charge in [0, 0.05) is 19.6 Å². The number of anilines is 1. The second-order valence-electron chi connectivity index (χ2n) is 7.52. The Bertz CT molecular complexity index is 1050. The summed E-state index contributed by atoms with van der Waals surface area (Å²) in [6.45, 7) is 5.87. The maximum atomic E-state index is 12.6. The topological polar surface area (TPSA) is 75.4 Å². The number of para-hydroxylation sites is 2. The maximum absolute atomic E-state index is 12.6. The number of aromatic nitrogens is 1. The van der Waals surface area contributed by atoms with Crippen molar-refractivity contribution in [2.75, 3.05) is 24.5 Å². The molecule has 148 valence electrons. The van der Waals surface area contributed by atoms with Crippen molar-refractivity contribution in [1.82, 2.24) is 9.71 Å². The van der Waals surface area contributed by atoms with Crippen molar-refractivity contribution in [3.63, 3.8) is 0 Å². The SMILES string of the molecule is Cc1ccc(S(=O)(=O)NCC2CCN(c3nc4ccccc4o3)CC2)c(C)c1. The van der Waals surface area contributed by atoms with Crippen LogP contribution in [0.5, 0.6) is 0 Å². The van der Waals surface area contributed by atoms with Crippen LogP contribution in [0.25, 0.3) is 11.1 Å². The summed E-state index contributed by atoms with van der Waals surface area (Å²) < 4.78 is 33.9. The molecule has 0 amide bonds. The minimum atomic E-state index is -3.48. The third-order valence-corrected chi connectivity index (χ3v) is 6.93. The van der Waals surface area contributed by atoms with Crippen LogP contribution in [-0.2, 0) is 10.0 Å². The largest absolute Gasteiger partial charge is 0.423 e. The van der Waals surface area contributed by atoms with E-state index in [-0.39, 0.29) is 0 Å². The first-order valence-electron chi connectivity index (χ1n) is 9.60. The number of fused-ring (bicyclic) bond motifs is 1. The lowest BCUT2D eigenvalue weighted by molar-refractivity contribution is 0.387. The maximum Gasteiger partial charge on any atom is 0.298 e. The molecule has 1 N–H and O–H groups in total. The van der Waals surface area contributed by atoms with Crippen LogP contribution in [0, 0.1) is 19.8 Å². The lowest BCUT2D eigenvalue weighted by atomic mass is 9.97. The Morgan fingerprint density at radius 1 is 1.14 bits per heavy atom. The highest BCUT2D eigenvalue weighted by Crippen LogP contribution is 2.26. The molecule has 1 fully saturated rings. The van der Waals surface area contributed by atoms with E-state index in [1.54, 1.807) is 6.07 Å².